The highest BCUT2D eigenvalue weighted by Crippen LogP contribution is 2.24. The van der Waals surface area contributed by atoms with E-state index in [2.05, 4.69) is 42.6 Å². The zero-order valence-electron chi connectivity index (χ0n) is 18.0. The molecule has 8 nitrogen and oxygen atoms in total. The van der Waals surface area contributed by atoms with Crippen molar-refractivity contribution in [2.45, 2.75) is 6.42 Å². The van der Waals surface area contributed by atoms with E-state index in [1.54, 1.807) is 30.7 Å². The average Bonchev–Trinajstić information content (AvgIpc) is 3.51. The fourth-order valence-electron chi connectivity index (χ4n) is 3.97. The molecule has 0 aliphatic carbocycles. The number of nitrogens with zero attached hydrogens (tertiary/aromatic N) is 4. The SMILES string of the molecule is O=C(Nc1ccncc1)c1cc2ccc(-c3nccc(Cc4ccc5[nH]ncc5c4)n3)cc2[nH]1. The summed E-state index contributed by atoms with van der Waals surface area (Å²) < 4.78 is 0. The summed E-state index contributed by atoms with van der Waals surface area (Å²) in [5, 5.41) is 11.9. The molecule has 0 atom stereocenters. The third kappa shape index (κ3) is 3.88. The number of aromatic amines is 2. The van der Waals surface area contributed by atoms with Gasteiger partial charge in [0.25, 0.3) is 5.91 Å². The van der Waals surface area contributed by atoms with Gasteiger partial charge in [-0.1, -0.05) is 18.2 Å². The van der Waals surface area contributed by atoms with Crippen molar-refractivity contribution in [3.8, 4) is 11.4 Å². The summed E-state index contributed by atoms with van der Waals surface area (Å²) in [7, 11) is 0. The normalized spacial score (nSPS) is 11.2. The van der Waals surface area contributed by atoms with Gasteiger partial charge in [-0.15, -0.1) is 0 Å². The predicted molar refractivity (Wildman–Crippen MR) is 130 cm³/mol. The number of hydrogen-bond donors (Lipinski definition) is 3. The fraction of sp³-hybridized carbons (Fsp3) is 0.0385. The lowest BCUT2D eigenvalue weighted by Gasteiger charge is -2.05. The van der Waals surface area contributed by atoms with Crippen LogP contribution in [0.2, 0.25) is 0 Å². The molecule has 0 bridgehead atoms. The summed E-state index contributed by atoms with van der Waals surface area (Å²) in [5.41, 5.74) is 5.99. The van der Waals surface area contributed by atoms with E-state index in [4.69, 9.17) is 4.98 Å². The Morgan fingerprint density at radius 3 is 2.71 bits per heavy atom. The number of anilines is 1. The molecule has 0 aliphatic rings. The van der Waals surface area contributed by atoms with E-state index in [1.807, 2.05) is 42.6 Å². The lowest BCUT2D eigenvalue weighted by molar-refractivity contribution is 0.102. The third-order valence-corrected chi connectivity index (χ3v) is 5.67. The first kappa shape index (κ1) is 19.8. The summed E-state index contributed by atoms with van der Waals surface area (Å²) in [4.78, 5) is 29.0. The van der Waals surface area contributed by atoms with Gasteiger partial charge in [0, 0.05) is 58.2 Å². The molecule has 6 aromatic rings. The molecule has 0 radical (unpaired) electrons. The second kappa shape index (κ2) is 8.25. The number of aromatic nitrogens is 6. The summed E-state index contributed by atoms with van der Waals surface area (Å²) >= 11 is 0. The molecule has 6 rings (SSSR count). The minimum Gasteiger partial charge on any atom is -0.350 e. The molecule has 4 heterocycles. The Balaban J connectivity index is 1.25. The minimum atomic E-state index is -0.211. The first-order valence-electron chi connectivity index (χ1n) is 10.8. The Bertz CT molecular complexity index is 1640. The summed E-state index contributed by atoms with van der Waals surface area (Å²) in [6, 6.07) is 19.4. The molecule has 0 unspecified atom stereocenters. The summed E-state index contributed by atoms with van der Waals surface area (Å²) in [6.45, 7) is 0. The topological polar surface area (TPSA) is 112 Å². The van der Waals surface area contributed by atoms with Crippen LogP contribution < -0.4 is 5.32 Å². The van der Waals surface area contributed by atoms with Crippen molar-refractivity contribution in [3.05, 3.63) is 102 Å². The maximum Gasteiger partial charge on any atom is 0.272 e. The average molecular weight is 445 g/mol. The van der Waals surface area contributed by atoms with Crippen LogP contribution in [-0.4, -0.2) is 36.0 Å². The van der Waals surface area contributed by atoms with Crippen molar-refractivity contribution < 1.29 is 4.79 Å². The number of pyridine rings is 1. The van der Waals surface area contributed by atoms with Crippen LogP contribution in [-0.2, 0) is 6.42 Å². The quantitative estimate of drug-likeness (QED) is 0.355. The summed E-state index contributed by atoms with van der Waals surface area (Å²) in [6.07, 6.45) is 7.57. The maximum atomic E-state index is 12.6. The van der Waals surface area contributed by atoms with E-state index in [0.29, 0.717) is 23.6 Å². The van der Waals surface area contributed by atoms with Crippen LogP contribution in [0.1, 0.15) is 21.7 Å². The molecule has 0 aliphatic heterocycles. The molecule has 8 heteroatoms. The molecule has 0 fully saturated rings. The van der Waals surface area contributed by atoms with Gasteiger partial charge in [-0.25, -0.2) is 9.97 Å². The monoisotopic (exact) mass is 445 g/mol. The molecule has 34 heavy (non-hydrogen) atoms. The number of benzene rings is 2. The van der Waals surface area contributed by atoms with Crippen LogP contribution >= 0.6 is 0 Å². The van der Waals surface area contributed by atoms with Crippen LogP contribution in [0.25, 0.3) is 33.2 Å². The molecular formula is C26H19N7O. The smallest absolute Gasteiger partial charge is 0.272 e. The highest BCUT2D eigenvalue weighted by atomic mass is 16.1. The van der Waals surface area contributed by atoms with E-state index < -0.39 is 0 Å². The number of carbonyl (C=O) groups is 1. The number of H-pyrrole nitrogens is 2. The van der Waals surface area contributed by atoms with Crippen LogP contribution in [0.4, 0.5) is 5.69 Å². The molecule has 164 valence electrons. The highest BCUT2D eigenvalue weighted by Gasteiger charge is 2.12. The van der Waals surface area contributed by atoms with Gasteiger partial charge in [-0.05, 0) is 48.0 Å². The Kier molecular flexibility index (Phi) is 4.81. The van der Waals surface area contributed by atoms with Crippen LogP contribution in [0.3, 0.4) is 0 Å². The Hall–Kier alpha value is -4.85. The van der Waals surface area contributed by atoms with Gasteiger partial charge in [0.15, 0.2) is 5.82 Å². The van der Waals surface area contributed by atoms with Gasteiger partial charge >= 0.3 is 0 Å². The number of hydrogen-bond acceptors (Lipinski definition) is 5. The molecular weight excluding hydrogens is 426 g/mol. The first-order chi connectivity index (χ1) is 16.7. The number of carbonyl (C=O) groups excluding carboxylic acids is 1. The van der Waals surface area contributed by atoms with Gasteiger partial charge < -0.3 is 10.3 Å². The van der Waals surface area contributed by atoms with Crippen molar-refractivity contribution in [2.24, 2.45) is 0 Å². The lowest BCUT2D eigenvalue weighted by Crippen LogP contribution is -2.12. The van der Waals surface area contributed by atoms with Crippen LogP contribution in [0.5, 0.6) is 0 Å². The van der Waals surface area contributed by atoms with Crippen LogP contribution in [0.15, 0.2) is 85.5 Å². The third-order valence-electron chi connectivity index (χ3n) is 5.67. The molecule has 0 saturated carbocycles. The number of fused-ring (bicyclic) bond motifs is 2. The second-order valence-electron chi connectivity index (χ2n) is 8.02. The number of amides is 1. The fourth-order valence-corrected chi connectivity index (χ4v) is 3.97. The molecule has 2 aromatic carbocycles. The standard InChI is InChI=1S/C26H19N7O/c34-26(31-20-5-8-27-9-6-20)24-13-17-2-3-18(14-23(17)32-24)25-28-10-7-21(30-25)12-16-1-4-22-19(11-16)15-29-33-22/h1-11,13-15,32H,12H2,(H,29,33)(H,27,31,34). The first-order valence-corrected chi connectivity index (χ1v) is 10.8. The highest BCUT2D eigenvalue weighted by molar-refractivity contribution is 6.06. The van der Waals surface area contributed by atoms with Gasteiger partial charge in [0.1, 0.15) is 5.69 Å². The van der Waals surface area contributed by atoms with Gasteiger partial charge in [0.2, 0.25) is 0 Å². The van der Waals surface area contributed by atoms with Crippen molar-refractivity contribution >= 4 is 33.4 Å². The van der Waals surface area contributed by atoms with E-state index in [-0.39, 0.29) is 5.91 Å². The Labute approximate surface area is 194 Å². The van der Waals surface area contributed by atoms with Gasteiger partial charge in [0.05, 0.1) is 11.7 Å². The van der Waals surface area contributed by atoms with Crippen LogP contribution in [0, 0.1) is 0 Å². The number of rotatable bonds is 5. The lowest BCUT2D eigenvalue weighted by atomic mass is 10.1. The van der Waals surface area contributed by atoms with Crippen molar-refractivity contribution in [2.75, 3.05) is 5.32 Å². The van der Waals surface area contributed by atoms with Crippen molar-refractivity contribution in [3.63, 3.8) is 0 Å². The summed E-state index contributed by atoms with van der Waals surface area (Å²) in [5.74, 6) is 0.429. The number of nitrogens with one attached hydrogen (secondary N) is 3. The van der Waals surface area contributed by atoms with Crippen molar-refractivity contribution in [1.29, 1.82) is 0 Å². The molecule has 4 aromatic heterocycles. The van der Waals surface area contributed by atoms with Gasteiger partial charge in [-0.2, -0.15) is 5.10 Å². The Morgan fingerprint density at radius 2 is 1.79 bits per heavy atom. The van der Waals surface area contributed by atoms with E-state index in [9.17, 15) is 4.79 Å². The van der Waals surface area contributed by atoms with E-state index >= 15 is 0 Å². The second-order valence-corrected chi connectivity index (χ2v) is 8.02. The molecule has 0 spiro atoms. The minimum absolute atomic E-state index is 0.211. The zero-order chi connectivity index (χ0) is 22.9. The molecule has 3 N–H and O–H groups in total. The maximum absolute atomic E-state index is 12.6. The van der Waals surface area contributed by atoms with Gasteiger partial charge in [-0.3, -0.25) is 14.9 Å². The Morgan fingerprint density at radius 1 is 0.882 bits per heavy atom. The zero-order valence-corrected chi connectivity index (χ0v) is 18.0. The van der Waals surface area contributed by atoms with Crippen molar-refractivity contribution in [1.82, 2.24) is 30.1 Å². The molecule has 1 amide bonds. The molecule has 0 saturated heterocycles. The van der Waals surface area contributed by atoms with E-state index in [1.165, 1.54) is 0 Å². The van der Waals surface area contributed by atoms with E-state index in [0.717, 1.165) is 38.6 Å². The largest absolute Gasteiger partial charge is 0.350 e. The predicted octanol–water partition coefficient (Wildman–Crippen LogP) is 4.74.